The number of amides is 2. The molecule has 36 heavy (non-hydrogen) atoms. The number of nitrogens with one attached hydrogen (secondary N) is 3. The molecule has 0 radical (unpaired) electrons. The standard InChI is InChI=1S/C26H30N6O4/c1-4-7-22(33)28-11-6-8-17-14-19(16-20(15-17)35-3)30-26-23(24(27)34)31-21(5-2)25(32-26)29-18-9-12-36-13-10-18/h14-16,18H,5,9-13H2,1-3H3,(H2,27,34)(H,28,33)(H2,29,30,32). The SMILES string of the molecule is CC#CC(=O)NCC#Cc1cc(Nc2nc(NC3CCOCC3)c(CC)nc2C(N)=O)cc(OC)c1. The van der Waals surface area contributed by atoms with Gasteiger partial charge in [0, 0.05) is 36.6 Å². The molecule has 5 N–H and O–H groups in total. The number of ether oxygens (including phenoxy) is 2. The summed E-state index contributed by atoms with van der Waals surface area (Å²) in [5.74, 6) is 11.1. The number of methoxy groups -OCH3 is 1. The van der Waals surface area contributed by atoms with E-state index >= 15 is 0 Å². The lowest BCUT2D eigenvalue weighted by atomic mass is 10.1. The molecule has 188 valence electrons. The first-order valence-corrected chi connectivity index (χ1v) is 11.6. The van der Waals surface area contributed by atoms with E-state index in [9.17, 15) is 9.59 Å². The van der Waals surface area contributed by atoms with Crippen molar-refractivity contribution in [3.63, 3.8) is 0 Å². The molecule has 0 atom stereocenters. The fraction of sp³-hybridized carbons (Fsp3) is 0.385. The maximum Gasteiger partial charge on any atom is 0.296 e. The lowest BCUT2D eigenvalue weighted by Gasteiger charge is -2.25. The van der Waals surface area contributed by atoms with Crippen LogP contribution in [0, 0.1) is 23.7 Å². The molecule has 2 amide bonds. The van der Waals surface area contributed by atoms with Crippen molar-refractivity contribution in [2.24, 2.45) is 5.73 Å². The average molecular weight is 491 g/mol. The van der Waals surface area contributed by atoms with Crippen molar-refractivity contribution in [2.75, 3.05) is 37.5 Å². The zero-order valence-corrected chi connectivity index (χ0v) is 20.7. The third kappa shape index (κ3) is 7.36. The second kappa shape index (κ2) is 13.0. The van der Waals surface area contributed by atoms with Crippen LogP contribution >= 0.6 is 0 Å². The highest BCUT2D eigenvalue weighted by molar-refractivity contribution is 5.96. The monoisotopic (exact) mass is 490 g/mol. The van der Waals surface area contributed by atoms with E-state index in [4.69, 9.17) is 15.2 Å². The molecule has 0 aliphatic carbocycles. The Kier molecular flexibility index (Phi) is 9.49. The molecule has 10 nitrogen and oxygen atoms in total. The lowest BCUT2D eigenvalue weighted by molar-refractivity contribution is -0.115. The van der Waals surface area contributed by atoms with Gasteiger partial charge in [-0.15, -0.1) is 0 Å². The smallest absolute Gasteiger partial charge is 0.296 e. The Morgan fingerprint density at radius 1 is 1.19 bits per heavy atom. The van der Waals surface area contributed by atoms with Gasteiger partial charge in [-0.05, 0) is 44.2 Å². The van der Waals surface area contributed by atoms with Gasteiger partial charge in [-0.3, -0.25) is 9.59 Å². The van der Waals surface area contributed by atoms with Gasteiger partial charge in [-0.25, -0.2) is 9.97 Å². The van der Waals surface area contributed by atoms with Crippen LogP contribution in [0.3, 0.4) is 0 Å². The van der Waals surface area contributed by atoms with E-state index in [1.165, 1.54) is 0 Å². The number of nitrogens with zero attached hydrogens (tertiary/aromatic N) is 2. The topological polar surface area (TPSA) is 140 Å². The molecule has 1 fully saturated rings. The van der Waals surface area contributed by atoms with E-state index in [0.717, 1.165) is 12.8 Å². The molecule has 1 saturated heterocycles. The largest absolute Gasteiger partial charge is 0.497 e. The quantitative estimate of drug-likeness (QED) is 0.412. The van der Waals surface area contributed by atoms with Crippen LogP contribution < -0.4 is 26.4 Å². The molecule has 0 unspecified atom stereocenters. The summed E-state index contributed by atoms with van der Waals surface area (Å²) in [5, 5.41) is 9.18. The van der Waals surface area contributed by atoms with Crippen LogP contribution in [0.5, 0.6) is 5.75 Å². The van der Waals surface area contributed by atoms with Gasteiger partial charge >= 0.3 is 0 Å². The number of nitrogens with two attached hydrogens (primary N) is 1. The number of hydrogen-bond acceptors (Lipinski definition) is 8. The summed E-state index contributed by atoms with van der Waals surface area (Å²) < 4.78 is 10.8. The van der Waals surface area contributed by atoms with Crippen LogP contribution in [0.1, 0.15) is 48.4 Å². The molecule has 0 spiro atoms. The van der Waals surface area contributed by atoms with Crippen LogP contribution in [0.2, 0.25) is 0 Å². The van der Waals surface area contributed by atoms with Crippen molar-refractivity contribution < 1.29 is 19.1 Å². The molecule has 0 saturated carbocycles. The van der Waals surface area contributed by atoms with Gasteiger partial charge in [0.2, 0.25) is 0 Å². The summed E-state index contributed by atoms with van der Waals surface area (Å²) in [6.45, 7) is 5.04. The Balaban J connectivity index is 1.89. The van der Waals surface area contributed by atoms with Crippen molar-refractivity contribution in [3.8, 4) is 29.4 Å². The van der Waals surface area contributed by atoms with E-state index in [1.807, 2.05) is 6.92 Å². The molecule has 10 heteroatoms. The zero-order valence-electron chi connectivity index (χ0n) is 20.7. The molecule has 3 rings (SSSR count). The van der Waals surface area contributed by atoms with Crippen molar-refractivity contribution in [1.82, 2.24) is 15.3 Å². The molecule has 2 aromatic rings. The predicted octanol–water partition coefficient (Wildman–Crippen LogP) is 1.97. The second-order valence-corrected chi connectivity index (χ2v) is 7.90. The number of aromatic nitrogens is 2. The van der Waals surface area contributed by atoms with E-state index in [2.05, 4.69) is 49.6 Å². The summed E-state index contributed by atoms with van der Waals surface area (Å²) in [4.78, 5) is 32.8. The van der Waals surface area contributed by atoms with Crippen molar-refractivity contribution >= 4 is 29.1 Å². The minimum absolute atomic E-state index is 0.0413. The number of hydrogen-bond donors (Lipinski definition) is 4. The van der Waals surface area contributed by atoms with Crippen molar-refractivity contribution in [1.29, 1.82) is 0 Å². The van der Waals surface area contributed by atoms with E-state index in [1.54, 1.807) is 32.2 Å². The molecular weight excluding hydrogens is 460 g/mol. The van der Waals surface area contributed by atoms with Crippen LogP contribution in [0.15, 0.2) is 18.2 Å². The number of carbonyl (C=O) groups is 2. The molecule has 1 aliphatic rings. The van der Waals surface area contributed by atoms with Gasteiger partial charge < -0.3 is 31.2 Å². The summed E-state index contributed by atoms with van der Waals surface area (Å²) in [6, 6.07) is 5.48. The average Bonchev–Trinajstić information content (AvgIpc) is 2.87. The van der Waals surface area contributed by atoms with Gasteiger partial charge in [-0.2, -0.15) is 0 Å². The van der Waals surface area contributed by atoms with Gasteiger partial charge in [0.05, 0.1) is 19.3 Å². The fourth-order valence-corrected chi connectivity index (χ4v) is 3.55. The minimum Gasteiger partial charge on any atom is -0.497 e. The lowest BCUT2D eigenvalue weighted by Crippen LogP contribution is -2.29. The van der Waals surface area contributed by atoms with Crippen LogP contribution in [0.25, 0.3) is 0 Å². The van der Waals surface area contributed by atoms with Gasteiger partial charge in [0.1, 0.15) is 5.75 Å². The minimum atomic E-state index is -0.689. The number of anilines is 3. The van der Waals surface area contributed by atoms with E-state index < -0.39 is 11.8 Å². The highest BCUT2D eigenvalue weighted by Gasteiger charge is 2.21. The van der Waals surface area contributed by atoms with Crippen LogP contribution in [-0.4, -0.2) is 54.7 Å². The zero-order chi connectivity index (χ0) is 25.9. The Bertz CT molecular complexity index is 1230. The van der Waals surface area contributed by atoms with E-state index in [-0.39, 0.29) is 24.1 Å². The molecular formula is C26H30N6O4. The summed E-state index contributed by atoms with van der Waals surface area (Å²) in [5.41, 5.74) is 7.54. The normalized spacial score (nSPS) is 12.9. The molecule has 1 aromatic heterocycles. The number of carbonyl (C=O) groups excluding carboxylic acids is 2. The van der Waals surface area contributed by atoms with E-state index in [0.29, 0.717) is 48.1 Å². The Hall–Kier alpha value is -4.28. The Morgan fingerprint density at radius 3 is 2.64 bits per heavy atom. The number of aryl methyl sites for hydroxylation is 1. The first kappa shape index (κ1) is 26.3. The second-order valence-electron chi connectivity index (χ2n) is 7.90. The summed E-state index contributed by atoms with van der Waals surface area (Å²) >= 11 is 0. The molecule has 0 bridgehead atoms. The third-order valence-corrected chi connectivity index (χ3v) is 5.31. The van der Waals surface area contributed by atoms with Crippen LogP contribution in [0.4, 0.5) is 17.3 Å². The Labute approximate surface area is 210 Å². The summed E-state index contributed by atoms with van der Waals surface area (Å²) in [6.07, 6.45) is 2.29. The maximum atomic E-state index is 12.2. The highest BCUT2D eigenvalue weighted by atomic mass is 16.5. The van der Waals surface area contributed by atoms with Gasteiger partial charge in [-0.1, -0.05) is 24.7 Å². The molecule has 2 heterocycles. The van der Waals surface area contributed by atoms with Crippen molar-refractivity contribution in [2.45, 2.75) is 39.2 Å². The first-order valence-electron chi connectivity index (χ1n) is 11.6. The maximum absolute atomic E-state index is 12.2. The number of primary amides is 1. The summed E-state index contributed by atoms with van der Waals surface area (Å²) in [7, 11) is 1.54. The third-order valence-electron chi connectivity index (χ3n) is 5.31. The molecule has 1 aromatic carbocycles. The van der Waals surface area contributed by atoms with Gasteiger partial charge in [0.25, 0.3) is 11.8 Å². The highest BCUT2D eigenvalue weighted by Crippen LogP contribution is 2.27. The fourth-order valence-electron chi connectivity index (χ4n) is 3.55. The Morgan fingerprint density at radius 2 is 1.97 bits per heavy atom. The van der Waals surface area contributed by atoms with Crippen molar-refractivity contribution in [3.05, 3.63) is 35.2 Å². The molecule has 1 aliphatic heterocycles. The predicted molar refractivity (Wildman–Crippen MR) is 137 cm³/mol. The first-order chi connectivity index (χ1) is 17.4. The van der Waals surface area contributed by atoms with Gasteiger partial charge in [0.15, 0.2) is 17.3 Å². The number of rotatable bonds is 8. The number of benzene rings is 1. The van der Waals surface area contributed by atoms with Crippen LogP contribution in [-0.2, 0) is 16.0 Å².